The number of carbonyl (C=O) groups excluding carboxylic acids is 1. The van der Waals surface area contributed by atoms with Crippen LogP contribution in [0, 0.1) is 5.82 Å². The number of halogens is 1. The highest BCUT2D eigenvalue weighted by Crippen LogP contribution is 2.15. The zero-order valence-electron chi connectivity index (χ0n) is 12.2. The number of hydrogen-bond donors (Lipinski definition) is 1. The monoisotopic (exact) mass is 305 g/mol. The van der Waals surface area contributed by atoms with E-state index in [1.165, 1.54) is 25.4 Å². The lowest BCUT2D eigenvalue weighted by molar-refractivity contribution is -0.122. The predicted molar refractivity (Wildman–Crippen MR) is 78.9 cm³/mol. The third-order valence-electron chi connectivity index (χ3n) is 3.32. The Hall–Kier alpha value is -2.70. The van der Waals surface area contributed by atoms with Crippen molar-refractivity contribution >= 4 is 5.91 Å². The summed E-state index contributed by atoms with van der Waals surface area (Å²) in [6.45, 7) is 1.41. The Morgan fingerprint density at radius 1 is 1.27 bits per heavy atom. The van der Waals surface area contributed by atoms with Gasteiger partial charge in [-0.05, 0) is 13.0 Å². The third kappa shape index (κ3) is 3.30. The topological polar surface area (TPSA) is 73.1 Å². The van der Waals surface area contributed by atoms with Crippen LogP contribution in [-0.4, -0.2) is 15.0 Å². The molecule has 1 N–H and O–H groups in total. The molecule has 7 heteroatoms. The van der Waals surface area contributed by atoms with Gasteiger partial charge in [0.25, 0.3) is 5.56 Å². The Labute approximate surface area is 125 Å². The van der Waals surface area contributed by atoms with Gasteiger partial charge in [0, 0.05) is 24.9 Å². The number of hydrogen-bond acceptors (Lipinski definition) is 3. The van der Waals surface area contributed by atoms with Gasteiger partial charge in [-0.1, -0.05) is 18.2 Å². The molecule has 116 valence electrons. The summed E-state index contributed by atoms with van der Waals surface area (Å²) in [5.41, 5.74) is -0.661. The van der Waals surface area contributed by atoms with Gasteiger partial charge < -0.3 is 5.32 Å². The van der Waals surface area contributed by atoms with E-state index in [9.17, 15) is 18.8 Å². The van der Waals surface area contributed by atoms with Gasteiger partial charge in [-0.15, -0.1) is 0 Å². The molecule has 22 heavy (non-hydrogen) atoms. The van der Waals surface area contributed by atoms with Gasteiger partial charge in [0.05, 0.1) is 6.04 Å². The first-order chi connectivity index (χ1) is 10.4. The van der Waals surface area contributed by atoms with Crippen LogP contribution in [0.3, 0.4) is 0 Å². The van der Waals surface area contributed by atoms with E-state index < -0.39 is 29.0 Å². The van der Waals surface area contributed by atoms with E-state index in [1.807, 2.05) is 0 Å². The maximum absolute atomic E-state index is 13.6. The maximum atomic E-state index is 13.6. The number of carbonyl (C=O) groups is 1. The number of nitrogens with one attached hydrogen (secondary N) is 1. The van der Waals surface area contributed by atoms with Crippen LogP contribution in [0.25, 0.3) is 0 Å². The summed E-state index contributed by atoms with van der Waals surface area (Å²) in [5, 5.41) is 2.62. The molecular weight excluding hydrogens is 289 g/mol. The van der Waals surface area contributed by atoms with Crippen molar-refractivity contribution in [3.8, 4) is 0 Å². The predicted octanol–water partition coefficient (Wildman–Crippen LogP) is 0.564. The molecule has 0 saturated carbocycles. The van der Waals surface area contributed by atoms with Crippen LogP contribution in [0.15, 0.2) is 46.1 Å². The average molecular weight is 305 g/mol. The summed E-state index contributed by atoms with van der Waals surface area (Å²) < 4.78 is 15.7. The largest absolute Gasteiger partial charge is 0.348 e. The van der Waals surface area contributed by atoms with Gasteiger partial charge in [-0.2, -0.15) is 0 Å². The number of nitrogens with zero attached hydrogens (tertiary/aromatic N) is 2. The molecule has 1 heterocycles. The van der Waals surface area contributed by atoms with Crippen LogP contribution >= 0.6 is 0 Å². The molecule has 0 fully saturated rings. The second-order valence-electron chi connectivity index (χ2n) is 4.93. The first-order valence-electron chi connectivity index (χ1n) is 6.70. The maximum Gasteiger partial charge on any atom is 0.331 e. The van der Waals surface area contributed by atoms with Crippen LogP contribution < -0.4 is 16.6 Å². The molecule has 2 aromatic rings. The lowest BCUT2D eigenvalue weighted by Crippen LogP contribution is -2.40. The van der Waals surface area contributed by atoms with Crippen molar-refractivity contribution in [2.45, 2.75) is 19.5 Å². The molecule has 1 atom stereocenters. The Balaban J connectivity index is 2.11. The molecule has 0 bridgehead atoms. The molecule has 1 unspecified atom stereocenters. The average Bonchev–Trinajstić information content (AvgIpc) is 2.48. The van der Waals surface area contributed by atoms with Crippen molar-refractivity contribution in [2.24, 2.45) is 7.05 Å². The van der Waals surface area contributed by atoms with Crippen LogP contribution in [0.4, 0.5) is 4.39 Å². The van der Waals surface area contributed by atoms with Gasteiger partial charge in [0.1, 0.15) is 12.4 Å². The second-order valence-corrected chi connectivity index (χ2v) is 4.93. The smallest absolute Gasteiger partial charge is 0.331 e. The summed E-state index contributed by atoms with van der Waals surface area (Å²) in [7, 11) is 1.33. The highest BCUT2D eigenvalue weighted by atomic mass is 19.1. The molecule has 1 aromatic carbocycles. The highest BCUT2D eigenvalue weighted by Gasteiger charge is 2.14. The quantitative estimate of drug-likeness (QED) is 0.897. The summed E-state index contributed by atoms with van der Waals surface area (Å²) in [6.07, 6.45) is 1.26. The van der Waals surface area contributed by atoms with E-state index in [2.05, 4.69) is 5.32 Å². The van der Waals surface area contributed by atoms with Gasteiger partial charge in [-0.3, -0.25) is 18.7 Å². The van der Waals surface area contributed by atoms with Gasteiger partial charge >= 0.3 is 5.69 Å². The van der Waals surface area contributed by atoms with Crippen molar-refractivity contribution in [1.29, 1.82) is 0 Å². The molecule has 6 nitrogen and oxygen atoms in total. The summed E-state index contributed by atoms with van der Waals surface area (Å²) in [4.78, 5) is 35.1. The SMILES string of the molecule is CC(NC(=O)Cn1ccc(=O)n(C)c1=O)c1ccccc1F. The lowest BCUT2D eigenvalue weighted by Gasteiger charge is -2.15. The molecular formula is C15H16FN3O3. The fourth-order valence-electron chi connectivity index (χ4n) is 2.08. The first-order valence-corrected chi connectivity index (χ1v) is 6.70. The summed E-state index contributed by atoms with van der Waals surface area (Å²) in [6, 6.07) is 6.82. The molecule has 0 radical (unpaired) electrons. The van der Waals surface area contributed by atoms with E-state index in [-0.39, 0.29) is 6.54 Å². The molecule has 0 aliphatic carbocycles. The first kappa shape index (κ1) is 15.7. The van der Waals surface area contributed by atoms with Gasteiger partial charge in [0.2, 0.25) is 5.91 Å². The fourth-order valence-corrected chi connectivity index (χ4v) is 2.08. The zero-order valence-corrected chi connectivity index (χ0v) is 12.2. The van der Waals surface area contributed by atoms with E-state index in [4.69, 9.17) is 0 Å². The number of benzene rings is 1. The molecule has 1 amide bonds. The molecule has 0 saturated heterocycles. The van der Waals surface area contributed by atoms with Gasteiger partial charge in [-0.25, -0.2) is 9.18 Å². The van der Waals surface area contributed by atoms with Crippen molar-refractivity contribution in [1.82, 2.24) is 14.5 Å². The lowest BCUT2D eigenvalue weighted by atomic mass is 10.1. The number of amides is 1. The molecule has 0 aliphatic rings. The minimum Gasteiger partial charge on any atom is -0.348 e. The minimum atomic E-state index is -0.582. The van der Waals surface area contributed by atoms with Crippen LogP contribution in [0.2, 0.25) is 0 Å². The van der Waals surface area contributed by atoms with Crippen molar-refractivity contribution in [3.05, 3.63) is 68.7 Å². The van der Waals surface area contributed by atoms with Gasteiger partial charge in [0.15, 0.2) is 0 Å². The third-order valence-corrected chi connectivity index (χ3v) is 3.32. The Bertz CT molecular complexity index is 810. The Morgan fingerprint density at radius 3 is 2.64 bits per heavy atom. The van der Waals surface area contributed by atoms with E-state index >= 15 is 0 Å². The standard InChI is InChI=1S/C15H16FN3O3/c1-10(11-5-3-4-6-12(11)16)17-13(20)9-19-8-7-14(21)18(2)15(19)22/h3-8,10H,9H2,1-2H3,(H,17,20). The van der Waals surface area contributed by atoms with Crippen molar-refractivity contribution < 1.29 is 9.18 Å². The normalized spacial score (nSPS) is 12.0. The summed E-state index contributed by atoms with van der Waals surface area (Å²) in [5.74, 6) is -0.855. The molecule has 2 rings (SSSR count). The molecule has 0 spiro atoms. The van der Waals surface area contributed by atoms with Crippen LogP contribution in [0.1, 0.15) is 18.5 Å². The highest BCUT2D eigenvalue weighted by molar-refractivity contribution is 5.76. The Morgan fingerprint density at radius 2 is 1.95 bits per heavy atom. The van der Waals surface area contributed by atoms with E-state index in [1.54, 1.807) is 25.1 Å². The zero-order chi connectivity index (χ0) is 16.3. The second kappa shape index (κ2) is 6.38. The molecule has 1 aromatic heterocycles. The van der Waals surface area contributed by atoms with E-state index in [0.29, 0.717) is 5.56 Å². The van der Waals surface area contributed by atoms with Crippen molar-refractivity contribution in [3.63, 3.8) is 0 Å². The minimum absolute atomic E-state index is 0.244. The fraction of sp³-hybridized carbons (Fsp3) is 0.267. The van der Waals surface area contributed by atoms with E-state index in [0.717, 1.165) is 9.13 Å². The Kier molecular flexibility index (Phi) is 4.55. The summed E-state index contributed by atoms with van der Waals surface area (Å²) >= 11 is 0. The number of aromatic nitrogens is 2. The van der Waals surface area contributed by atoms with Crippen LogP contribution in [-0.2, 0) is 18.4 Å². The van der Waals surface area contributed by atoms with Crippen molar-refractivity contribution in [2.75, 3.05) is 0 Å². The molecule has 0 aliphatic heterocycles. The van der Waals surface area contributed by atoms with Crippen LogP contribution in [0.5, 0.6) is 0 Å². The number of rotatable bonds is 4.